The van der Waals surface area contributed by atoms with Crippen LogP contribution in [0, 0.1) is 5.82 Å². The Hall–Kier alpha value is -4.05. The Labute approximate surface area is 208 Å². The zero-order chi connectivity index (χ0) is 25.7. The number of ether oxygens (including phenoxy) is 1. The van der Waals surface area contributed by atoms with Crippen molar-refractivity contribution < 1.29 is 13.9 Å². The number of benzene rings is 1. The van der Waals surface area contributed by atoms with E-state index in [-0.39, 0.29) is 17.6 Å². The fraction of sp³-hybridized carbons (Fsp3) is 0.308. The van der Waals surface area contributed by atoms with E-state index in [2.05, 4.69) is 35.6 Å². The highest BCUT2D eigenvalue weighted by atomic mass is 19.1. The SMILES string of the molecule is CNC(=O)c1c(F)cnc2c([C@H](C)CNc3cc(-c4cnc(COC(C)C)nc4)ncn3)cccc12. The molecule has 0 saturated heterocycles. The minimum atomic E-state index is -0.650. The molecule has 1 atom stereocenters. The van der Waals surface area contributed by atoms with Gasteiger partial charge in [-0.3, -0.25) is 9.78 Å². The van der Waals surface area contributed by atoms with E-state index in [0.29, 0.717) is 41.4 Å². The van der Waals surface area contributed by atoms with Crippen molar-refractivity contribution in [1.82, 2.24) is 30.2 Å². The standard InChI is InChI=1S/C26H28FN7O2/c1-15(2)36-13-23-30-10-17(11-31-23)21-8-22(34-14-33-21)29-9-16(3)18-6-5-7-19-24(26(35)28-4)20(27)12-32-25(18)19/h5-8,10-12,14-16H,9,13H2,1-4H3,(H,28,35)(H,29,33,34)/t16-/m1/s1. The number of halogens is 1. The van der Waals surface area contributed by atoms with Gasteiger partial charge in [0.05, 0.1) is 29.1 Å². The van der Waals surface area contributed by atoms with Crippen molar-refractivity contribution in [2.45, 2.75) is 39.4 Å². The summed E-state index contributed by atoms with van der Waals surface area (Å²) in [5.74, 6) is 0.107. The summed E-state index contributed by atoms with van der Waals surface area (Å²) >= 11 is 0. The first-order valence-electron chi connectivity index (χ1n) is 11.6. The van der Waals surface area contributed by atoms with Crippen LogP contribution in [0.25, 0.3) is 22.2 Å². The maximum absolute atomic E-state index is 14.4. The quantitative estimate of drug-likeness (QED) is 0.361. The zero-order valence-corrected chi connectivity index (χ0v) is 20.6. The van der Waals surface area contributed by atoms with Gasteiger partial charge in [0.15, 0.2) is 11.6 Å². The zero-order valence-electron chi connectivity index (χ0n) is 20.6. The lowest BCUT2D eigenvalue weighted by atomic mass is 9.96. The van der Waals surface area contributed by atoms with Crippen molar-refractivity contribution in [3.8, 4) is 11.3 Å². The first kappa shape index (κ1) is 25.1. The topological polar surface area (TPSA) is 115 Å². The Kier molecular flexibility index (Phi) is 7.74. The highest BCUT2D eigenvalue weighted by Crippen LogP contribution is 2.28. The number of carbonyl (C=O) groups excluding carboxylic acids is 1. The summed E-state index contributed by atoms with van der Waals surface area (Å²) in [6, 6.07) is 7.27. The molecule has 0 aliphatic heterocycles. The molecule has 0 radical (unpaired) electrons. The molecule has 4 aromatic rings. The molecule has 4 rings (SSSR count). The number of rotatable bonds is 9. The van der Waals surface area contributed by atoms with E-state index < -0.39 is 11.7 Å². The lowest BCUT2D eigenvalue weighted by Crippen LogP contribution is -2.20. The number of anilines is 1. The second kappa shape index (κ2) is 11.1. The molecule has 0 bridgehead atoms. The number of hydrogen-bond donors (Lipinski definition) is 2. The summed E-state index contributed by atoms with van der Waals surface area (Å²) < 4.78 is 19.9. The van der Waals surface area contributed by atoms with Gasteiger partial charge in [-0.15, -0.1) is 0 Å². The van der Waals surface area contributed by atoms with Crippen LogP contribution in [0.5, 0.6) is 0 Å². The highest BCUT2D eigenvalue weighted by Gasteiger charge is 2.19. The molecule has 3 aromatic heterocycles. The van der Waals surface area contributed by atoms with Crippen LogP contribution >= 0.6 is 0 Å². The number of hydrogen-bond acceptors (Lipinski definition) is 8. The Morgan fingerprint density at radius 1 is 1.06 bits per heavy atom. The number of fused-ring (bicyclic) bond motifs is 1. The summed E-state index contributed by atoms with van der Waals surface area (Å²) in [6.07, 6.45) is 6.11. The van der Waals surface area contributed by atoms with Gasteiger partial charge < -0.3 is 15.4 Å². The van der Waals surface area contributed by atoms with Gasteiger partial charge in [0, 0.05) is 48.9 Å². The van der Waals surface area contributed by atoms with Crippen molar-refractivity contribution in [3.63, 3.8) is 0 Å². The van der Waals surface area contributed by atoms with E-state index in [9.17, 15) is 9.18 Å². The average Bonchev–Trinajstić information content (AvgIpc) is 2.90. The Bertz CT molecular complexity index is 1360. The molecule has 0 aliphatic carbocycles. The molecular weight excluding hydrogens is 461 g/mol. The van der Waals surface area contributed by atoms with Gasteiger partial charge in [0.1, 0.15) is 18.8 Å². The highest BCUT2D eigenvalue weighted by molar-refractivity contribution is 6.06. The van der Waals surface area contributed by atoms with Crippen LogP contribution in [-0.2, 0) is 11.3 Å². The molecule has 0 saturated carbocycles. The largest absolute Gasteiger partial charge is 0.371 e. The summed E-state index contributed by atoms with van der Waals surface area (Å²) in [5.41, 5.74) is 2.94. The van der Waals surface area contributed by atoms with E-state index in [1.807, 2.05) is 32.9 Å². The van der Waals surface area contributed by atoms with Gasteiger partial charge in [-0.2, -0.15) is 0 Å². The number of pyridine rings is 1. The molecule has 186 valence electrons. The Balaban J connectivity index is 1.50. The first-order chi connectivity index (χ1) is 17.4. The van der Waals surface area contributed by atoms with E-state index >= 15 is 0 Å². The van der Waals surface area contributed by atoms with Gasteiger partial charge in [-0.05, 0) is 19.4 Å². The van der Waals surface area contributed by atoms with Crippen LogP contribution in [0.3, 0.4) is 0 Å². The van der Waals surface area contributed by atoms with Gasteiger partial charge >= 0.3 is 0 Å². The van der Waals surface area contributed by atoms with Gasteiger partial charge in [0.25, 0.3) is 5.91 Å². The smallest absolute Gasteiger partial charge is 0.254 e. The van der Waals surface area contributed by atoms with Crippen molar-refractivity contribution in [3.05, 3.63) is 72.0 Å². The van der Waals surface area contributed by atoms with E-state index in [1.54, 1.807) is 24.5 Å². The molecule has 10 heteroatoms. The van der Waals surface area contributed by atoms with Crippen LogP contribution < -0.4 is 10.6 Å². The molecular formula is C26H28FN7O2. The van der Waals surface area contributed by atoms with Crippen LogP contribution in [0.4, 0.5) is 10.2 Å². The number of para-hydroxylation sites is 1. The third kappa shape index (κ3) is 5.60. The molecule has 1 amide bonds. The predicted octanol–water partition coefficient (Wildman–Crippen LogP) is 4.12. The fourth-order valence-electron chi connectivity index (χ4n) is 3.76. The van der Waals surface area contributed by atoms with Crippen LogP contribution in [0.2, 0.25) is 0 Å². The number of nitrogens with zero attached hydrogens (tertiary/aromatic N) is 5. The Morgan fingerprint density at radius 2 is 1.83 bits per heavy atom. The number of aromatic nitrogens is 5. The molecule has 0 fully saturated rings. The predicted molar refractivity (Wildman–Crippen MR) is 135 cm³/mol. The number of nitrogens with one attached hydrogen (secondary N) is 2. The third-order valence-corrected chi connectivity index (χ3v) is 5.67. The summed E-state index contributed by atoms with van der Waals surface area (Å²) in [5, 5.41) is 6.30. The van der Waals surface area contributed by atoms with Crippen molar-refractivity contribution in [2.24, 2.45) is 0 Å². The summed E-state index contributed by atoms with van der Waals surface area (Å²) in [6.45, 7) is 6.84. The molecule has 2 N–H and O–H groups in total. The minimum Gasteiger partial charge on any atom is -0.371 e. The number of carbonyl (C=O) groups is 1. The van der Waals surface area contributed by atoms with E-state index in [4.69, 9.17) is 4.74 Å². The van der Waals surface area contributed by atoms with Crippen LogP contribution in [0.1, 0.15) is 48.4 Å². The van der Waals surface area contributed by atoms with Crippen LogP contribution in [0.15, 0.2) is 49.2 Å². The first-order valence-corrected chi connectivity index (χ1v) is 11.6. The molecule has 9 nitrogen and oxygen atoms in total. The van der Waals surface area contributed by atoms with Crippen LogP contribution in [-0.4, -0.2) is 50.5 Å². The molecule has 3 heterocycles. The maximum atomic E-state index is 14.4. The molecule has 0 aliphatic rings. The monoisotopic (exact) mass is 489 g/mol. The van der Waals surface area contributed by atoms with Gasteiger partial charge in [-0.1, -0.05) is 25.1 Å². The normalized spacial score (nSPS) is 12.1. The van der Waals surface area contributed by atoms with Gasteiger partial charge in [-0.25, -0.2) is 24.3 Å². The average molecular weight is 490 g/mol. The van der Waals surface area contributed by atoms with E-state index in [1.165, 1.54) is 13.4 Å². The van der Waals surface area contributed by atoms with Crippen molar-refractivity contribution in [1.29, 1.82) is 0 Å². The second-order valence-corrected chi connectivity index (χ2v) is 8.62. The molecule has 36 heavy (non-hydrogen) atoms. The molecule has 0 spiro atoms. The van der Waals surface area contributed by atoms with Gasteiger partial charge in [0.2, 0.25) is 0 Å². The molecule has 0 unspecified atom stereocenters. The summed E-state index contributed by atoms with van der Waals surface area (Å²) in [7, 11) is 1.47. The lowest BCUT2D eigenvalue weighted by Gasteiger charge is -2.17. The molecule has 1 aromatic carbocycles. The number of amides is 1. The maximum Gasteiger partial charge on any atom is 0.254 e. The second-order valence-electron chi connectivity index (χ2n) is 8.62. The minimum absolute atomic E-state index is 0.00560. The van der Waals surface area contributed by atoms with E-state index in [0.717, 1.165) is 17.3 Å². The lowest BCUT2D eigenvalue weighted by molar-refractivity contribution is 0.0613. The fourth-order valence-corrected chi connectivity index (χ4v) is 3.76. The van der Waals surface area contributed by atoms with Crippen molar-refractivity contribution >= 4 is 22.6 Å². The Morgan fingerprint density at radius 3 is 2.56 bits per heavy atom. The van der Waals surface area contributed by atoms with Crippen molar-refractivity contribution in [2.75, 3.05) is 18.9 Å². The third-order valence-electron chi connectivity index (χ3n) is 5.67. The summed E-state index contributed by atoms with van der Waals surface area (Å²) in [4.78, 5) is 33.9.